The maximum absolute atomic E-state index is 12.8. The molecule has 1 N–H and O–H groups in total. The molecule has 0 unspecified atom stereocenters. The van der Waals surface area contributed by atoms with E-state index in [1.807, 2.05) is 0 Å². The Morgan fingerprint density at radius 3 is 2.83 bits per heavy atom. The monoisotopic (exact) mass is 187 g/mol. The Balaban J connectivity index is 3.12. The van der Waals surface area contributed by atoms with Crippen molar-refractivity contribution in [3.63, 3.8) is 0 Å². The van der Waals surface area contributed by atoms with Crippen LogP contribution in [-0.4, -0.2) is 22.3 Å². The summed E-state index contributed by atoms with van der Waals surface area (Å²) in [7, 11) is 0. The summed E-state index contributed by atoms with van der Waals surface area (Å²) in [5.74, 6) is -2.14. The quantitative estimate of drug-likeness (QED) is 0.715. The molecule has 0 atom stereocenters. The van der Waals surface area contributed by atoms with Gasteiger partial charge in [-0.3, -0.25) is 0 Å². The van der Waals surface area contributed by atoms with E-state index in [-0.39, 0.29) is 0 Å². The van der Waals surface area contributed by atoms with Gasteiger partial charge in [0.2, 0.25) is 0 Å². The molecule has 5 heteroatoms. The highest BCUT2D eigenvalue weighted by Crippen LogP contribution is 2.15. The van der Waals surface area contributed by atoms with E-state index in [2.05, 4.69) is 4.98 Å². The highest BCUT2D eigenvalue weighted by molar-refractivity contribution is 7.98. The lowest BCUT2D eigenvalue weighted by molar-refractivity contribution is 0.0684. The second kappa shape index (κ2) is 3.53. The Hall–Kier alpha value is -1.10. The Kier molecular flexibility index (Phi) is 2.65. The third-order valence-electron chi connectivity index (χ3n) is 1.25. The van der Waals surface area contributed by atoms with Gasteiger partial charge >= 0.3 is 5.97 Å². The smallest absolute Gasteiger partial charge is 0.357 e. The lowest BCUT2D eigenvalue weighted by Gasteiger charge is -1.98. The van der Waals surface area contributed by atoms with Crippen LogP contribution in [0.1, 0.15) is 10.5 Å². The average Bonchev–Trinajstić information content (AvgIpc) is 2.03. The summed E-state index contributed by atoms with van der Waals surface area (Å²) in [4.78, 5) is 14.4. The van der Waals surface area contributed by atoms with Crippen LogP contribution < -0.4 is 0 Å². The van der Waals surface area contributed by atoms with E-state index in [4.69, 9.17) is 5.11 Å². The molecule has 3 nitrogen and oxygen atoms in total. The molecule has 0 aromatic carbocycles. The fraction of sp³-hybridized carbons (Fsp3) is 0.143. The van der Waals surface area contributed by atoms with Crippen LogP contribution in [0.5, 0.6) is 0 Å². The van der Waals surface area contributed by atoms with Crippen LogP contribution in [0.4, 0.5) is 4.39 Å². The van der Waals surface area contributed by atoms with Gasteiger partial charge in [0.05, 0.1) is 0 Å². The Bertz CT molecular complexity index is 316. The van der Waals surface area contributed by atoms with Crippen molar-refractivity contribution in [1.29, 1.82) is 0 Å². The molecular weight excluding hydrogens is 181 g/mol. The van der Waals surface area contributed by atoms with E-state index >= 15 is 0 Å². The molecule has 0 aliphatic heterocycles. The van der Waals surface area contributed by atoms with E-state index in [1.54, 1.807) is 6.26 Å². The van der Waals surface area contributed by atoms with Crippen LogP contribution in [0, 0.1) is 5.82 Å². The number of carboxylic acid groups (broad SMARTS) is 1. The molecule has 0 bridgehead atoms. The number of carboxylic acids is 1. The predicted octanol–water partition coefficient (Wildman–Crippen LogP) is 1.64. The van der Waals surface area contributed by atoms with Gasteiger partial charge in [0, 0.05) is 11.1 Å². The van der Waals surface area contributed by atoms with Gasteiger partial charge in [-0.1, -0.05) is 0 Å². The number of carbonyl (C=O) groups is 1. The van der Waals surface area contributed by atoms with Crippen molar-refractivity contribution in [3.05, 3.63) is 23.8 Å². The third kappa shape index (κ3) is 1.73. The van der Waals surface area contributed by atoms with Gasteiger partial charge in [-0.05, 0) is 12.3 Å². The number of pyridine rings is 1. The number of hydrogen-bond acceptors (Lipinski definition) is 3. The van der Waals surface area contributed by atoms with E-state index in [9.17, 15) is 9.18 Å². The maximum Gasteiger partial charge on any atom is 0.357 e. The van der Waals surface area contributed by atoms with Gasteiger partial charge in [-0.25, -0.2) is 14.2 Å². The molecule has 0 saturated carbocycles. The minimum atomic E-state index is -1.35. The van der Waals surface area contributed by atoms with Gasteiger partial charge in [0.25, 0.3) is 0 Å². The number of hydrogen-bond donors (Lipinski definition) is 1. The molecule has 0 aliphatic carbocycles. The Labute approximate surface area is 72.6 Å². The zero-order chi connectivity index (χ0) is 9.14. The summed E-state index contributed by atoms with van der Waals surface area (Å²) in [5.41, 5.74) is -0.534. The first-order chi connectivity index (χ1) is 5.65. The van der Waals surface area contributed by atoms with Crippen LogP contribution >= 0.6 is 11.8 Å². The first kappa shape index (κ1) is 8.99. The van der Waals surface area contributed by atoms with Crippen molar-refractivity contribution in [2.24, 2.45) is 0 Å². The molecule has 1 heterocycles. The predicted molar refractivity (Wildman–Crippen MR) is 42.9 cm³/mol. The van der Waals surface area contributed by atoms with Gasteiger partial charge in [0.15, 0.2) is 11.5 Å². The lowest BCUT2D eigenvalue weighted by atomic mass is 10.3. The second-order valence-corrected chi connectivity index (χ2v) is 2.89. The number of aromatic nitrogens is 1. The molecule has 0 spiro atoms. The van der Waals surface area contributed by atoms with E-state index in [1.165, 1.54) is 18.0 Å². The molecule has 12 heavy (non-hydrogen) atoms. The molecule has 0 amide bonds. The minimum absolute atomic E-state index is 0.534. The molecule has 0 radical (unpaired) electrons. The molecule has 1 rings (SSSR count). The molecular formula is C7H6FNO2S. The van der Waals surface area contributed by atoms with E-state index in [0.717, 1.165) is 6.07 Å². The van der Waals surface area contributed by atoms with Crippen molar-refractivity contribution in [2.45, 2.75) is 4.90 Å². The molecule has 0 saturated heterocycles. The highest BCUT2D eigenvalue weighted by atomic mass is 32.2. The summed E-state index contributed by atoms with van der Waals surface area (Å²) in [6.45, 7) is 0. The summed E-state index contributed by atoms with van der Waals surface area (Å²) in [6, 6.07) is 1.15. The molecule has 1 aromatic rings. The minimum Gasteiger partial charge on any atom is -0.476 e. The number of rotatable bonds is 2. The molecule has 1 aromatic heterocycles. The van der Waals surface area contributed by atoms with Gasteiger partial charge < -0.3 is 5.11 Å². The fourth-order valence-electron chi connectivity index (χ4n) is 0.689. The van der Waals surface area contributed by atoms with Gasteiger partial charge in [0.1, 0.15) is 0 Å². The van der Waals surface area contributed by atoms with E-state index in [0.29, 0.717) is 4.90 Å². The highest BCUT2D eigenvalue weighted by Gasteiger charge is 2.11. The van der Waals surface area contributed by atoms with Gasteiger partial charge in [-0.15, -0.1) is 11.8 Å². The zero-order valence-electron chi connectivity index (χ0n) is 6.24. The van der Waals surface area contributed by atoms with Crippen molar-refractivity contribution >= 4 is 17.7 Å². The first-order valence-electron chi connectivity index (χ1n) is 3.08. The van der Waals surface area contributed by atoms with Crippen LogP contribution in [0.2, 0.25) is 0 Å². The van der Waals surface area contributed by atoms with Crippen molar-refractivity contribution in [3.8, 4) is 0 Å². The molecule has 0 fully saturated rings. The Morgan fingerprint density at radius 2 is 2.42 bits per heavy atom. The standard InChI is InChI=1S/C7H6FNO2S/c1-12-4-2-5(8)6(7(10)11)9-3-4/h2-3H,1H3,(H,10,11). The third-order valence-corrected chi connectivity index (χ3v) is 1.95. The van der Waals surface area contributed by atoms with Crippen molar-refractivity contribution < 1.29 is 14.3 Å². The topological polar surface area (TPSA) is 50.2 Å². The Morgan fingerprint density at radius 1 is 1.75 bits per heavy atom. The van der Waals surface area contributed by atoms with Crippen LogP contribution in [-0.2, 0) is 0 Å². The summed E-state index contributed by atoms with van der Waals surface area (Å²) in [5, 5.41) is 8.42. The number of thioether (sulfide) groups is 1. The van der Waals surface area contributed by atoms with Crippen LogP contribution in [0.25, 0.3) is 0 Å². The first-order valence-corrected chi connectivity index (χ1v) is 4.30. The summed E-state index contributed by atoms with van der Waals surface area (Å²) in [6.07, 6.45) is 3.09. The van der Waals surface area contributed by atoms with Crippen LogP contribution in [0.15, 0.2) is 17.2 Å². The van der Waals surface area contributed by atoms with Crippen LogP contribution in [0.3, 0.4) is 0 Å². The zero-order valence-corrected chi connectivity index (χ0v) is 7.06. The SMILES string of the molecule is CSc1cnc(C(=O)O)c(F)c1. The largest absolute Gasteiger partial charge is 0.476 e. The maximum atomic E-state index is 12.8. The molecule has 0 aliphatic rings. The average molecular weight is 187 g/mol. The summed E-state index contributed by atoms with van der Waals surface area (Å²) < 4.78 is 12.8. The van der Waals surface area contributed by atoms with Crippen molar-refractivity contribution in [1.82, 2.24) is 4.98 Å². The number of aromatic carboxylic acids is 1. The fourth-order valence-corrected chi connectivity index (χ4v) is 1.07. The van der Waals surface area contributed by atoms with E-state index < -0.39 is 17.5 Å². The number of halogens is 1. The number of nitrogens with zero attached hydrogens (tertiary/aromatic N) is 1. The normalized spacial score (nSPS) is 9.83. The summed E-state index contributed by atoms with van der Waals surface area (Å²) >= 11 is 1.31. The van der Waals surface area contributed by atoms with Gasteiger partial charge in [-0.2, -0.15) is 0 Å². The second-order valence-electron chi connectivity index (χ2n) is 2.01. The van der Waals surface area contributed by atoms with Crippen molar-refractivity contribution in [2.75, 3.05) is 6.26 Å². The lowest BCUT2D eigenvalue weighted by Crippen LogP contribution is -2.03. The molecule has 64 valence electrons.